The van der Waals surface area contributed by atoms with Gasteiger partial charge in [-0.1, -0.05) is 6.92 Å². The van der Waals surface area contributed by atoms with Gasteiger partial charge in [-0.05, 0) is 26.5 Å². The predicted molar refractivity (Wildman–Crippen MR) is 81.0 cm³/mol. The van der Waals surface area contributed by atoms with Gasteiger partial charge in [0.25, 0.3) is 5.88 Å². The third kappa shape index (κ3) is 3.81. The summed E-state index contributed by atoms with van der Waals surface area (Å²) in [5.41, 5.74) is -0.0837. The van der Waals surface area contributed by atoms with Crippen LogP contribution in [0.5, 0.6) is 5.88 Å². The zero-order valence-corrected chi connectivity index (χ0v) is 12.8. The molecule has 7 heteroatoms. The minimum Gasteiger partial charge on any atom is -0.470 e. The molecule has 0 saturated carbocycles. The van der Waals surface area contributed by atoms with E-state index in [4.69, 9.17) is 4.74 Å². The van der Waals surface area contributed by atoms with Gasteiger partial charge in [0.15, 0.2) is 0 Å². The number of pyridine rings is 1. The number of nitrogens with zero attached hydrogens (tertiary/aromatic N) is 4. The van der Waals surface area contributed by atoms with Gasteiger partial charge in [-0.3, -0.25) is 10.1 Å². The molecule has 1 fully saturated rings. The lowest BCUT2D eigenvalue weighted by Gasteiger charge is -2.34. The van der Waals surface area contributed by atoms with Crippen molar-refractivity contribution < 1.29 is 9.66 Å². The standard InChI is InChI=1S/C14H22N4O3/c1-4-16-7-9-17(10-8-16)13-6-5-12(18(19)20)14(15-13)21-11(2)3/h5-6,11H,4,7-10H2,1-3H3. The third-order valence-electron chi connectivity index (χ3n) is 3.51. The molecule has 2 rings (SSSR count). The lowest BCUT2D eigenvalue weighted by Crippen LogP contribution is -2.46. The SMILES string of the molecule is CCN1CCN(c2ccc([N+](=O)[O-])c(OC(C)C)n2)CC1. The molecule has 0 atom stereocenters. The fourth-order valence-electron chi connectivity index (χ4n) is 2.34. The molecule has 116 valence electrons. The lowest BCUT2D eigenvalue weighted by atomic mass is 10.3. The van der Waals surface area contributed by atoms with Crippen molar-refractivity contribution in [1.29, 1.82) is 0 Å². The Balaban J connectivity index is 2.19. The number of aromatic nitrogens is 1. The number of nitro groups is 1. The van der Waals surface area contributed by atoms with Crippen molar-refractivity contribution in [3.63, 3.8) is 0 Å². The normalized spacial score (nSPS) is 16.3. The first kappa shape index (κ1) is 15.5. The second-order valence-corrected chi connectivity index (χ2v) is 5.34. The van der Waals surface area contributed by atoms with Crippen LogP contribution in [-0.2, 0) is 0 Å². The van der Waals surface area contributed by atoms with E-state index in [-0.39, 0.29) is 17.7 Å². The Morgan fingerprint density at radius 3 is 2.52 bits per heavy atom. The molecular weight excluding hydrogens is 272 g/mol. The van der Waals surface area contributed by atoms with Crippen LogP contribution >= 0.6 is 0 Å². The highest BCUT2D eigenvalue weighted by Gasteiger charge is 2.22. The van der Waals surface area contributed by atoms with E-state index >= 15 is 0 Å². The van der Waals surface area contributed by atoms with Gasteiger partial charge < -0.3 is 14.5 Å². The van der Waals surface area contributed by atoms with Crippen molar-refractivity contribution in [3.05, 3.63) is 22.2 Å². The van der Waals surface area contributed by atoms with E-state index < -0.39 is 4.92 Å². The molecule has 0 radical (unpaired) electrons. The first-order chi connectivity index (χ1) is 10.0. The van der Waals surface area contributed by atoms with Crippen LogP contribution < -0.4 is 9.64 Å². The first-order valence-electron chi connectivity index (χ1n) is 7.30. The van der Waals surface area contributed by atoms with Crippen LogP contribution in [0.3, 0.4) is 0 Å². The molecule has 7 nitrogen and oxygen atoms in total. The van der Waals surface area contributed by atoms with Gasteiger partial charge in [-0.2, -0.15) is 4.98 Å². The Bertz CT molecular complexity index is 499. The molecule has 0 aliphatic carbocycles. The van der Waals surface area contributed by atoms with Crippen LogP contribution in [0.15, 0.2) is 12.1 Å². The predicted octanol–water partition coefficient (Wildman–Crippen LogP) is 1.92. The number of ether oxygens (including phenoxy) is 1. The number of piperazine rings is 1. The minimum atomic E-state index is -0.455. The fraction of sp³-hybridized carbons (Fsp3) is 0.643. The van der Waals surface area contributed by atoms with E-state index in [9.17, 15) is 10.1 Å². The van der Waals surface area contributed by atoms with E-state index in [0.29, 0.717) is 0 Å². The molecular formula is C14H22N4O3. The van der Waals surface area contributed by atoms with Gasteiger partial charge in [0, 0.05) is 32.2 Å². The van der Waals surface area contributed by atoms with E-state index in [1.54, 1.807) is 6.07 Å². The molecule has 0 aromatic carbocycles. The Kier molecular flexibility index (Phi) is 4.95. The minimum absolute atomic E-state index is 0.0837. The molecule has 0 unspecified atom stereocenters. The molecule has 1 aliphatic heterocycles. The van der Waals surface area contributed by atoms with Crippen molar-refractivity contribution in [3.8, 4) is 5.88 Å². The maximum atomic E-state index is 11.0. The van der Waals surface area contributed by atoms with Crippen LogP contribution in [0.4, 0.5) is 11.5 Å². The quantitative estimate of drug-likeness (QED) is 0.610. The number of likely N-dealkylation sites (N-methyl/N-ethyl adjacent to an activating group) is 1. The van der Waals surface area contributed by atoms with Crippen LogP contribution in [0.1, 0.15) is 20.8 Å². The summed E-state index contributed by atoms with van der Waals surface area (Å²) < 4.78 is 5.49. The summed E-state index contributed by atoms with van der Waals surface area (Å²) in [4.78, 5) is 19.4. The number of rotatable bonds is 5. The Morgan fingerprint density at radius 1 is 1.33 bits per heavy atom. The Morgan fingerprint density at radius 2 is 2.00 bits per heavy atom. The van der Waals surface area contributed by atoms with Crippen LogP contribution in [0.25, 0.3) is 0 Å². The number of hydrogen-bond acceptors (Lipinski definition) is 6. The van der Waals surface area contributed by atoms with Gasteiger partial charge in [-0.15, -0.1) is 0 Å². The van der Waals surface area contributed by atoms with E-state index in [1.807, 2.05) is 13.8 Å². The van der Waals surface area contributed by atoms with Crippen LogP contribution in [0, 0.1) is 10.1 Å². The maximum absolute atomic E-state index is 11.0. The van der Waals surface area contributed by atoms with Gasteiger partial charge in [0.2, 0.25) is 0 Å². The Hall–Kier alpha value is -1.89. The van der Waals surface area contributed by atoms with E-state index in [2.05, 4.69) is 21.7 Å². The largest absolute Gasteiger partial charge is 0.470 e. The van der Waals surface area contributed by atoms with Crippen molar-refractivity contribution in [2.75, 3.05) is 37.6 Å². The zero-order chi connectivity index (χ0) is 15.4. The second-order valence-electron chi connectivity index (χ2n) is 5.34. The highest BCUT2D eigenvalue weighted by Crippen LogP contribution is 2.28. The maximum Gasteiger partial charge on any atom is 0.331 e. The van der Waals surface area contributed by atoms with Gasteiger partial charge in [0.05, 0.1) is 11.0 Å². The molecule has 1 saturated heterocycles. The number of hydrogen-bond donors (Lipinski definition) is 0. The molecule has 0 amide bonds. The summed E-state index contributed by atoms with van der Waals surface area (Å²) in [6.45, 7) is 10.6. The van der Waals surface area contributed by atoms with Crippen molar-refractivity contribution in [2.24, 2.45) is 0 Å². The zero-order valence-electron chi connectivity index (χ0n) is 12.8. The summed E-state index contributed by atoms with van der Waals surface area (Å²) >= 11 is 0. The average Bonchev–Trinajstić information content (AvgIpc) is 2.46. The molecule has 0 N–H and O–H groups in total. The molecule has 1 aliphatic rings. The molecule has 2 heterocycles. The molecule has 1 aromatic heterocycles. The summed E-state index contributed by atoms with van der Waals surface area (Å²) in [6.07, 6.45) is -0.150. The van der Waals surface area contributed by atoms with Crippen LogP contribution in [-0.4, -0.2) is 53.6 Å². The first-order valence-corrected chi connectivity index (χ1v) is 7.30. The average molecular weight is 294 g/mol. The molecule has 0 spiro atoms. The Labute approximate surface area is 124 Å². The molecule has 0 bridgehead atoms. The molecule has 21 heavy (non-hydrogen) atoms. The topological polar surface area (TPSA) is 71.7 Å². The monoisotopic (exact) mass is 294 g/mol. The number of anilines is 1. The highest BCUT2D eigenvalue weighted by atomic mass is 16.6. The van der Waals surface area contributed by atoms with Crippen LogP contribution in [0.2, 0.25) is 0 Å². The molecule has 1 aromatic rings. The van der Waals surface area contributed by atoms with Gasteiger partial charge in [-0.25, -0.2) is 0 Å². The smallest absolute Gasteiger partial charge is 0.331 e. The van der Waals surface area contributed by atoms with Crippen molar-refractivity contribution in [2.45, 2.75) is 26.9 Å². The van der Waals surface area contributed by atoms with E-state index in [0.717, 1.165) is 38.5 Å². The van der Waals surface area contributed by atoms with Gasteiger partial charge >= 0.3 is 5.69 Å². The summed E-state index contributed by atoms with van der Waals surface area (Å²) in [7, 11) is 0. The third-order valence-corrected chi connectivity index (χ3v) is 3.51. The van der Waals surface area contributed by atoms with Crippen molar-refractivity contribution >= 4 is 11.5 Å². The second kappa shape index (κ2) is 6.71. The van der Waals surface area contributed by atoms with Gasteiger partial charge in [0.1, 0.15) is 5.82 Å². The summed E-state index contributed by atoms with van der Waals surface area (Å²) in [5.74, 6) is 0.845. The van der Waals surface area contributed by atoms with Crippen molar-refractivity contribution in [1.82, 2.24) is 9.88 Å². The lowest BCUT2D eigenvalue weighted by molar-refractivity contribution is -0.386. The van der Waals surface area contributed by atoms with E-state index in [1.165, 1.54) is 6.07 Å². The summed E-state index contributed by atoms with van der Waals surface area (Å²) in [6, 6.07) is 3.18. The highest BCUT2D eigenvalue weighted by molar-refractivity contribution is 5.50. The summed E-state index contributed by atoms with van der Waals surface area (Å²) in [5, 5.41) is 11.0. The fourth-order valence-corrected chi connectivity index (χ4v) is 2.34.